The van der Waals surface area contributed by atoms with Crippen molar-refractivity contribution in [2.45, 2.75) is 13.0 Å². The van der Waals surface area contributed by atoms with Crippen LogP contribution in [0.4, 0.5) is 4.79 Å². The largest absolute Gasteiger partial charge is 0.445 e. The lowest BCUT2D eigenvalue weighted by Crippen LogP contribution is -2.44. The molecule has 8 nitrogen and oxygen atoms in total. The van der Waals surface area contributed by atoms with Crippen LogP contribution in [-0.2, 0) is 21.4 Å². The molecule has 1 atom stereocenters. The molecule has 0 bridgehead atoms. The number of benzene rings is 2. The lowest BCUT2D eigenvalue weighted by atomic mass is 10.2. The maximum Gasteiger partial charge on any atom is 0.410 e. The molecule has 0 spiro atoms. The van der Waals surface area contributed by atoms with Crippen molar-refractivity contribution in [3.05, 3.63) is 71.8 Å². The third kappa shape index (κ3) is 6.30. The van der Waals surface area contributed by atoms with Crippen LogP contribution in [0, 0.1) is 5.92 Å². The summed E-state index contributed by atoms with van der Waals surface area (Å²) in [5.41, 5.74) is 3.44. The third-order valence-corrected chi connectivity index (χ3v) is 5.88. The summed E-state index contributed by atoms with van der Waals surface area (Å²) in [6, 6.07) is 17.6. The van der Waals surface area contributed by atoms with Crippen molar-refractivity contribution in [1.82, 2.24) is 15.2 Å². The number of hydrogen-bond acceptors (Lipinski definition) is 5. The molecule has 0 saturated carbocycles. The summed E-state index contributed by atoms with van der Waals surface area (Å²) in [5, 5.41) is 0. The summed E-state index contributed by atoms with van der Waals surface area (Å²) in [5.74, 6) is -0.957. The van der Waals surface area contributed by atoms with Crippen molar-refractivity contribution in [1.29, 1.82) is 0 Å². The third-order valence-electron chi connectivity index (χ3n) is 4.56. The summed E-state index contributed by atoms with van der Waals surface area (Å²) in [7, 11) is -3.73. The lowest BCUT2D eigenvalue weighted by molar-refractivity contribution is 0.0944. The van der Waals surface area contributed by atoms with Crippen molar-refractivity contribution in [2.24, 2.45) is 5.92 Å². The van der Waals surface area contributed by atoms with Gasteiger partial charge in [-0.1, -0.05) is 48.5 Å². The number of nitrogens with one attached hydrogen (secondary N) is 2. The summed E-state index contributed by atoms with van der Waals surface area (Å²) in [6.45, 7) is 0.900. The molecule has 2 aromatic rings. The Kier molecular flexibility index (Phi) is 6.84. The van der Waals surface area contributed by atoms with Crippen LogP contribution >= 0.6 is 0 Å². The van der Waals surface area contributed by atoms with Crippen molar-refractivity contribution in [3.63, 3.8) is 0 Å². The molecule has 1 saturated heterocycles. The summed E-state index contributed by atoms with van der Waals surface area (Å²) < 4.78 is 29.8. The average molecular weight is 417 g/mol. The van der Waals surface area contributed by atoms with E-state index >= 15 is 0 Å². The van der Waals surface area contributed by atoms with Crippen molar-refractivity contribution in [2.75, 3.05) is 18.8 Å². The van der Waals surface area contributed by atoms with Gasteiger partial charge in [-0.2, -0.15) is 0 Å². The van der Waals surface area contributed by atoms with E-state index in [1.54, 1.807) is 30.3 Å². The fourth-order valence-corrected chi connectivity index (χ4v) is 4.31. The van der Waals surface area contributed by atoms with Crippen molar-refractivity contribution < 1.29 is 22.7 Å². The molecule has 2 N–H and O–H groups in total. The zero-order valence-corrected chi connectivity index (χ0v) is 16.6. The Balaban J connectivity index is 1.43. The Morgan fingerprint density at radius 3 is 2.38 bits per heavy atom. The number of carbonyl (C=O) groups excluding carboxylic acids is 2. The van der Waals surface area contributed by atoms with E-state index in [0.717, 1.165) is 5.56 Å². The molecule has 1 fully saturated rings. The second kappa shape index (κ2) is 9.53. The zero-order valence-electron chi connectivity index (χ0n) is 15.8. The fourth-order valence-electron chi connectivity index (χ4n) is 3.08. The van der Waals surface area contributed by atoms with E-state index in [1.807, 2.05) is 30.3 Å². The maximum absolute atomic E-state index is 12.2. The molecule has 154 valence electrons. The Bertz CT molecular complexity index is 935. The standard InChI is InChI=1S/C20H23N3O5S/c24-19(18-9-5-2-6-10-18)21-22-29(26,27)15-17-11-12-23(13-17)20(25)28-14-16-7-3-1-4-8-16/h1-10,17,22H,11-15H2,(H,21,24). The Morgan fingerprint density at radius 2 is 1.69 bits per heavy atom. The SMILES string of the molecule is O=C(NNS(=O)(=O)CC1CCN(C(=O)OCc2ccccc2)C1)c1ccccc1. The number of hydrazine groups is 1. The van der Waals surface area contributed by atoms with Crippen LogP contribution < -0.4 is 10.3 Å². The molecule has 1 unspecified atom stereocenters. The molecule has 0 radical (unpaired) electrons. The van der Waals surface area contributed by atoms with Gasteiger partial charge in [0.2, 0.25) is 10.0 Å². The molecule has 29 heavy (non-hydrogen) atoms. The maximum atomic E-state index is 12.2. The van der Waals surface area contributed by atoms with Crippen LogP contribution in [-0.4, -0.2) is 44.2 Å². The molecule has 2 amide bonds. The molecule has 2 aromatic carbocycles. The van der Waals surface area contributed by atoms with E-state index in [4.69, 9.17) is 4.74 Å². The molecular weight excluding hydrogens is 394 g/mol. The van der Waals surface area contributed by atoms with E-state index in [9.17, 15) is 18.0 Å². The minimum Gasteiger partial charge on any atom is -0.445 e. The normalized spacial score (nSPS) is 16.4. The molecule has 1 heterocycles. The fraction of sp³-hybridized carbons (Fsp3) is 0.300. The zero-order chi connectivity index (χ0) is 20.7. The molecule has 0 aromatic heterocycles. The Labute approximate surface area is 169 Å². The van der Waals surface area contributed by atoms with Gasteiger partial charge in [0, 0.05) is 18.7 Å². The van der Waals surface area contributed by atoms with Gasteiger partial charge in [-0.05, 0) is 30.0 Å². The first kappa shape index (κ1) is 20.8. The first-order valence-electron chi connectivity index (χ1n) is 9.23. The van der Waals surface area contributed by atoms with Crippen LogP contribution in [0.3, 0.4) is 0 Å². The molecule has 1 aliphatic rings. The first-order valence-corrected chi connectivity index (χ1v) is 10.9. The van der Waals surface area contributed by atoms with Gasteiger partial charge >= 0.3 is 6.09 Å². The highest BCUT2D eigenvalue weighted by Crippen LogP contribution is 2.19. The summed E-state index contributed by atoms with van der Waals surface area (Å²) >= 11 is 0. The molecule has 3 rings (SSSR count). The van der Waals surface area contributed by atoms with Gasteiger partial charge in [0.25, 0.3) is 5.91 Å². The summed E-state index contributed by atoms with van der Waals surface area (Å²) in [6.07, 6.45) is 0.0904. The van der Waals surface area contributed by atoms with Crippen molar-refractivity contribution in [3.8, 4) is 0 Å². The van der Waals surface area contributed by atoms with E-state index in [-0.39, 0.29) is 18.3 Å². The second-order valence-corrected chi connectivity index (χ2v) is 8.61. The number of likely N-dealkylation sites (tertiary alicyclic amines) is 1. The number of rotatable bonds is 7. The average Bonchev–Trinajstić information content (AvgIpc) is 3.19. The van der Waals surface area contributed by atoms with Gasteiger partial charge in [-0.3, -0.25) is 10.2 Å². The number of nitrogens with zero attached hydrogens (tertiary/aromatic N) is 1. The van der Waals surface area contributed by atoms with Crippen LogP contribution in [0.25, 0.3) is 0 Å². The predicted octanol–water partition coefficient (Wildman–Crippen LogP) is 1.91. The van der Waals surface area contributed by atoms with Crippen LogP contribution in [0.15, 0.2) is 60.7 Å². The number of hydrogen-bond donors (Lipinski definition) is 2. The van der Waals surface area contributed by atoms with E-state index in [0.29, 0.717) is 25.1 Å². The highest BCUT2D eigenvalue weighted by Gasteiger charge is 2.30. The van der Waals surface area contributed by atoms with Crippen LogP contribution in [0.1, 0.15) is 22.3 Å². The molecule has 1 aliphatic heterocycles. The summed E-state index contributed by atoms with van der Waals surface area (Å²) in [4.78, 5) is 27.8. The van der Waals surface area contributed by atoms with E-state index in [2.05, 4.69) is 10.3 Å². The van der Waals surface area contributed by atoms with E-state index < -0.39 is 22.0 Å². The van der Waals surface area contributed by atoms with Gasteiger partial charge in [0.05, 0.1) is 5.75 Å². The van der Waals surface area contributed by atoms with Gasteiger partial charge in [-0.25, -0.2) is 13.2 Å². The Hall–Kier alpha value is -2.91. The first-order chi connectivity index (χ1) is 13.9. The molecular formula is C20H23N3O5S. The quantitative estimate of drug-likeness (QED) is 0.670. The monoisotopic (exact) mass is 417 g/mol. The van der Waals surface area contributed by atoms with Gasteiger partial charge in [-0.15, -0.1) is 4.83 Å². The minimum absolute atomic E-state index is 0.173. The van der Waals surface area contributed by atoms with Gasteiger partial charge < -0.3 is 9.64 Å². The van der Waals surface area contributed by atoms with E-state index in [1.165, 1.54) is 4.90 Å². The number of ether oxygens (including phenoxy) is 1. The smallest absolute Gasteiger partial charge is 0.410 e. The van der Waals surface area contributed by atoms with Gasteiger partial charge in [0.1, 0.15) is 6.61 Å². The molecule has 0 aliphatic carbocycles. The lowest BCUT2D eigenvalue weighted by Gasteiger charge is -2.17. The highest BCUT2D eigenvalue weighted by atomic mass is 32.2. The minimum atomic E-state index is -3.73. The molecule has 9 heteroatoms. The predicted molar refractivity (Wildman–Crippen MR) is 107 cm³/mol. The van der Waals surface area contributed by atoms with Crippen molar-refractivity contribution >= 4 is 22.0 Å². The van der Waals surface area contributed by atoms with Crippen LogP contribution in [0.5, 0.6) is 0 Å². The topological polar surface area (TPSA) is 105 Å². The number of sulfonamides is 1. The second-order valence-electron chi connectivity index (χ2n) is 6.84. The van der Waals surface area contributed by atoms with Gasteiger partial charge in [0.15, 0.2) is 0 Å². The van der Waals surface area contributed by atoms with Crippen LogP contribution in [0.2, 0.25) is 0 Å². The highest BCUT2D eigenvalue weighted by molar-refractivity contribution is 7.89. The number of carbonyl (C=O) groups is 2. The Morgan fingerprint density at radius 1 is 1.03 bits per heavy atom. The number of amides is 2.